The maximum absolute atomic E-state index is 12.8. The molecule has 0 spiro atoms. The van der Waals surface area contributed by atoms with Crippen LogP contribution in [0.4, 0.5) is 5.69 Å². The third-order valence-electron chi connectivity index (χ3n) is 6.47. The number of carbonyl (C=O) groups is 2. The number of carbonyl (C=O) groups excluding carboxylic acids is 2. The zero-order valence-electron chi connectivity index (χ0n) is 17.7. The first-order chi connectivity index (χ1) is 15.0. The number of aryl methyl sites for hydroxylation is 1. The maximum Gasteiger partial charge on any atom is 0.246 e. The Labute approximate surface area is 182 Å². The minimum absolute atomic E-state index is 0.0353. The summed E-state index contributed by atoms with van der Waals surface area (Å²) in [4.78, 5) is 24.6. The van der Waals surface area contributed by atoms with Gasteiger partial charge in [0, 0.05) is 23.1 Å². The fourth-order valence-corrected chi connectivity index (χ4v) is 4.37. The Morgan fingerprint density at radius 1 is 1.10 bits per heavy atom. The van der Waals surface area contributed by atoms with Crippen molar-refractivity contribution in [3.8, 4) is 11.5 Å². The first kappa shape index (κ1) is 21.3. The van der Waals surface area contributed by atoms with E-state index in [0.29, 0.717) is 23.6 Å². The first-order valence-corrected chi connectivity index (χ1v) is 10.8. The smallest absolute Gasteiger partial charge is 0.246 e. The molecule has 0 aromatic heterocycles. The number of rotatable bonds is 5. The molecule has 2 amide bonds. The van der Waals surface area contributed by atoms with Crippen LogP contribution in [0, 0.1) is 11.3 Å². The SMILES string of the molecule is CC1(C(=O)Nc2cccc(Oc3ccc4c(c3)CC(C(=O)NO)CC4)c2)CCNCC1. The predicted molar refractivity (Wildman–Crippen MR) is 117 cm³/mol. The quantitative estimate of drug-likeness (QED) is 0.436. The van der Waals surface area contributed by atoms with E-state index < -0.39 is 0 Å². The van der Waals surface area contributed by atoms with Gasteiger partial charge in [-0.1, -0.05) is 19.1 Å². The van der Waals surface area contributed by atoms with Crippen molar-refractivity contribution in [2.24, 2.45) is 11.3 Å². The fourth-order valence-electron chi connectivity index (χ4n) is 4.37. The van der Waals surface area contributed by atoms with Crippen LogP contribution in [0.15, 0.2) is 42.5 Å². The summed E-state index contributed by atoms with van der Waals surface area (Å²) in [6.07, 6.45) is 3.72. The van der Waals surface area contributed by atoms with E-state index in [0.717, 1.165) is 44.3 Å². The van der Waals surface area contributed by atoms with Gasteiger partial charge in [0.25, 0.3) is 0 Å². The van der Waals surface area contributed by atoms with E-state index in [2.05, 4.69) is 10.6 Å². The van der Waals surface area contributed by atoms with E-state index in [1.807, 2.05) is 49.4 Å². The summed E-state index contributed by atoms with van der Waals surface area (Å²) in [5, 5.41) is 15.2. The Bertz CT molecular complexity index is 969. The monoisotopic (exact) mass is 423 g/mol. The van der Waals surface area contributed by atoms with Gasteiger partial charge in [-0.2, -0.15) is 0 Å². The minimum atomic E-state index is -0.363. The zero-order chi connectivity index (χ0) is 21.8. The van der Waals surface area contributed by atoms with E-state index in [4.69, 9.17) is 9.94 Å². The van der Waals surface area contributed by atoms with Gasteiger partial charge >= 0.3 is 0 Å². The van der Waals surface area contributed by atoms with Crippen molar-refractivity contribution in [2.45, 2.75) is 39.0 Å². The van der Waals surface area contributed by atoms with Crippen molar-refractivity contribution in [3.05, 3.63) is 53.6 Å². The standard InChI is InChI=1S/C24H29N3O4/c1-24(9-11-25-12-10-24)23(29)26-19-3-2-4-20(15-19)31-21-8-7-16-5-6-17(22(28)27-30)13-18(16)14-21/h2-4,7-8,14-15,17,25,30H,5-6,9-13H2,1H3,(H,26,29)(H,27,28). The number of nitrogens with one attached hydrogen (secondary N) is 3. The zero-order valence-corrected chi connectivity index (χ0v) is 17.7. The average molecular weight is 424 g/mol. The predicted octanol–water partition coefficient (Wildman–Crippen LogP) is 3.42. The van der Waals surface area contributed by atoms with E-state index in [1.165, 1.54) is 5.56 Å². The normalized spacial score (nSPS) is 19.7. The summed E-state index contributed by atoms with van der Waals surface area (Å²) in [5.74, 6) is 0.768. The highest BCUT2D eigenvalue weighted by atomic mass is 16.5. The number of piperidine rings is 1. The number of hydroxylamine groups is 1. The number of amides is 2. The van der Waals surface area contributed by atoms with Crippen molar-refractivity contribution < 1.29 is 19.5 Å². The van der Waals surface area contributed by atoms with Gasteiger partial charge in [0.2, 0.25) is 11.8 Å². The van der Waals surface area contributed by atoms with Crippen LogP contribution in [0.5, 0.6) is 11.5 Å². The second-order valence-corrected chi connectivity index (χ2v) is 8.74. The average Bonchev–Trinajstić information content (AvgIpc) is 2.79. The lowest BCUT2D eigenvalue weighted by Crippen LogP contribution is -2.42. The molecule has 1 unspecified atom stereocenters. The highest BCUT2D eigenvalue weighted by Crippen LogP contribution is 2.33. The number of benzene rings is 2. The van der Waals surface area contributed by atoms with Gasteiger partial charge in [0.05, 0.1) is 0 Å². The molecule has 0 bridgehead atoms. The Morgan fingerprint density at radius 2 is 1.87 bits per heavy atom. The van der Waals surface area contributed by atoms with Gasteiger partial charge in [-0.3, -0.25) is 14.8 Å². The summed E-state index contributed by atoms with van der Waals surface area (Å²) in [6, 6.07) is 13.3. The first-order valence-electron chi connectivity index (χ1n) is 10.8. The topological polar surface area (TPSA) is 99.7 Å². The Balaban J connectivity index is 1.44. The van der Waals surface area contributed by atoms with Crippen molar-refractivity contribution in [1.29, 1.82) is 0 Å². The second kappa shape index (κ2) is 9.08. The third-order valence-corrected chi connectivity index (χ3v) is 6.47. The molecular formula is C24H29N3O4. The maximum atomic E-state index is 12.8. The van der Waals surface area contributed by atoms with Gasteiger partial charge in [0.1, 0.15) is 11.5 Å². The van der Waals surface area contributed by atoms with Crippen LogP contribution in [0.2, 0.25) is 0 Å². The third kappa shape index (κ3) is 4.89. The van der Waals surface area contributed by atoms with E-state index in [-0.39, 0.29) is 23.1 Å². The van der Waals surface area contributed by atoms with Crippen molar-refractivity contribution >= 4 is 17.5 Å². The molecular weight excluding hydrogens is 394 g/mol. The molecule has 4 rings (SSSR count). The largest absolute Gasteiger partial charge is 0.457 e. The summed E-state index contributed by atoms with van der Waals surface area (Å²) in [5.41, 5.74) is 4.36. The van der Waals surface area contributed by atoms with Crippen LogP contribution in [0.25, 0.3) is 0 Å². The van der Waals surface area contributed by atoms with Crippen molar-refractivity contribution in [2.75, 3.05) is 18.4 Å². The van der Waals surface area contributed by atoms with Crippen molar-refractivity contribution in [3.63, 3.8) is 0 Å². The van der Waals surface area contributed by atoms with Crippen LogP contribution in [0.3, 0.4) is 0 Å². The van der Waals surface area contributed by atoms with Crippen LogP contribution in [-0.2, 0) is 22.4 Å². The number of hydrogen-bond acceptors (Lipinski definition) is 5. The number of anilines is 1. The summed E-state index contributed by atoms with van der Waals surface area (Å²) in [6.45, 7) is 3.72. The minimum Gasteiger partial charge on any atom is -0.457 e. The summed E-state index contributed by atoms with van der Waals surface area (Å²) in [7, 11) is 0. The van der Waals surface area contributed by atoms with Gasteiger partial charge in [-0.15, -0.1) is 0 Å². The molecule has 31 heavy (non-hydrogen) atoms. The Hall–Kier alpha value is -2.90. The molecule has 164 valence electrons. The highest BCUT2D eigenvalue weighted by Gasteiger charge is 2.34. The molecule has 1 aliphatic carbocycles. The van der Waals surface area contributed by atoms with Crippen LogP contribution >= 0.6 is 0 Å². The molecule has 2 aliphatic rings. The fraction of sp³-hybridized carbons (Fsp3) is 0.417. The lowest BCUT2D eigenvalue weighted by Gasteiger charge is -2.32. The molecule has 1 saturated heterocycles. The van der Waals surface area contributed by atoms with E-state index >= 15 is 0 Å². The van der Waals surface area contributed by atoms with Gasteiger partial charge < -0.3 is 15.4 Å². The van der Waals surface area contributed by atoms with Crippen LogP contribution < -0.4 is 20.9 Å². The summed E-state index contributed by atoms with van der Waals surface area (Å²) < 4.78 is 6.05. The molecule has 1 heterocycles. The molecule has 7 heteroatoms. The molecule has 1 fully saturated rings. The molecule has 1 atom stereocenters. The molecule has 7 nitrogen and oxygen atoms in total. The number of hydrogen-bond donors (Lipinski definition) is 4. The van der Waals surface area contributed by atoms with Crippen LogP contribution in [0.1, 0.15) is 37.3 Å². The highest BCUT2D eigenvalue weighted by molar-refractivity contribution is 5.95. The molecule has 0 radical (unpaired) electrons. The Kier molecular flexibility index (Phi) is 6.25. The molecule has 2 aromatic rings. The number of ether oxygens (including phenoxy) is 1. The van der Waals surface area contributed by atoms with Gasteiger partial charge in [-0.25, -0.2) is 5.48 Å². The molecule has 2 aromatic carbocycles. The second-order valence-electron chi connectivity index (χ2n) is 8.74. The molecule has 4 N–H and O–H groups in total. The summed E-state index contributed by atoms with van der Waals surface area (Å²) >= 11 is 0. The Morgan fingerprint density at radius 3 is 2.65 bits per heavy atom. The van der Waals surface area contributed by atoms with Crippen molar-refractivity contribution in [1.82, 2.24) is 10.8 Å². The van der Waals surface area contributed by atoms with Gasteiger partial charge in [0.15, 0.2) is 0 Å². The lowest BCUT2D eigenvalue weighted by molar-refractivity contribution is -0.133. The number of fused-ring (bicyclic) bond motifs is 1. The van der Waals surface area contributed by atoms with Crippen LogP contribution in [-0.4, -0.2) is 30.1 Å². The lowest BCUT2D eigenvalue weighted by atomic mass is 9.80. The molecule has 1 aliphatic heterocycles. The van der Waals surface area contributed by atoms with E-state index in [1.54, 1.807) is 5.48 Å². The molecule has 0 saturated carbocycles. The van der Waals surface area contributed by atoms with Gasteiger partial charge in [-0.05, 0) is 80.6 Å². The van der Waals surface area contributed by atoms with E-state index in [9.17, 15) is 9.59 Å².